The molecule has 10 aromatic rings. The van der Waals surface area contributed by atoms with Crippen LogP contribution in [0.1, 0.15) is 49.9 Å². The predicted octanol–water partition coefficient (Wildman–Crippen LogP) is 14.5. The monoisotopic (exact) mass is 676 g/mol. The molecule has 1 heterocycles. The van der Waals surface area contributed by atoms with Gasteiger partial charge in [-0.15, -0.1) is 0 Å². The highest BCUT2D eigenvalue weighted by Gasteiger charge is 2.42. The van der Waals surface area contributed by atoms with Gasteiger partial charge in [0.2, 0.25) is 0 Å². The van der Waals surface area contributed by atoms with E-state index < -0.39 is 0 Å². The molecular formula is C52H36O. The molecule has 0 aliphatic heterocycles. The van der Waals surface area contributed by atoms with Gasteiger partial charge in [-0.05, 0) is 136 Å². The first-order valence-corrected chi connectivity index (χ1v) is 18.8. The Kier molecular flexibility index (Phi) is 5.45. The topological polar surface area (TPSA) is 13.1 Å². The van der Waals surface area contributed by atoms with Crippen LogP contribution in [0.3, 0.4) is 0 Å². The molecule has 0 saturated carbocycles. The maximum Gasteiger partial charge on any atom is 0.143 e. The first kappa shape index (κ1) is 29.4. The van der Waals surface area contributed by atoms with Gasteiger partial charge >= 0.3 is 0 Å². The van der Waals surface area contributed by atoms with Crippen LogP contribution < -0.4 is 0 Å². The van der Waals surface area contributed by atoms with Crippen molar-refractivity contribution in [1.29, 1.82) is 0 Å². The molecule has 0 saturated heterocycles. The third-order valence-electron chi connectivity index (χ3n) is 13.0. The van der Waals surface area contributed by atoms with E-state index in [4.69, 9.17) is 4.42 Å². The largest absolute Gasteiger partial charge is 0.455 e. The quantitative estimate of drug-likeness (QED) is 0.158. The number of rotatable bonds is 1. The molecule has 1 aromatic heterocycles. The summed E-state index contributed by atoms with van der Waals surface area (Å²) in [6.07, 6.45) is 0. The highest BCUT2D eigenvalue weighted by Crippen LogP contribution is 2.57. The molecule has 0 fully saturated rings. The Balaban J connectivity index is 1.05. The van der Waals surface area contributed by atoms with E-state index in [1.54, 1.807) is 0 Å². The lowest BCUT2D eigenvalue weighted by molar-refractivity contribution is 0.652. The van der Waals surface area contributed by atoms with Gasteiger partial charge in [-0.25, -0.2) is 0 Å². The van der Waals surface area contributed by atoms with Crippen molar-refractivity contribution in [3.63, 3.8) is 0 Å². The van der Waals surface area contributed by atoms with Crippen molar-refractivity contribution in [3.05, 3.63) is 168 Å². The standard InChI is InChI=1S/C52H36O/c1-51(2)44-24-30(31-18-11-19-48-49(31)38-23-20-29-12-5-6-13-32(29)50(38)53-48)21-22-37(44)42-27-47-43(28-46(42)51)41-25-39-35-16-9-7-14-33(35)34-15-8-10-17-36(34)40(39)26-45(41)52(47,3)4/h5-28H,1-4H3. The number of fused-ring (bicyclic) bond motifs is 17. The molecule has 0 spiro atoms. The molecule has 1 nitrogen and oxygen atoms in total. The fourth-order valence-electron chi connectivity index (χ4n) is 10.3. The fraction of sp³-hybridized carbons (Fsp3) is 0.115. The van der Waals surface area contributed by atoms with Gasteiger partial charge in [0.1, 0.15) is 11.2 Å². The molecule has 9 aromatic carbocycles. The molecule has 0 N–H and O–H groups in total. The van der Waals surface area contributed by atoms with Crippen molar-refractivity contribution in [1.82, 2.24) is 0 Å². The third-order valence-corrected chi connectivity index (χ3v) is 13.0. The van der Waals surface area contributed by atoms with Gasteiger partial charge in [0.15, 0.2) is 0 Å². The number of hydrogen-bond acceptors (Lipinski definition) is 1. The molecule has 0 atom stereocenters. The van der Waals surface area contributed by atoms with E-state index in [0.717, 1.165) is 16.6 Å². The van der Waals surface area contributed by atoms with Crippen LogP contribution in [0.5, 0.6) is 0 Å². The van der Waals surface area contributed by atoms with Crippen molar-refractivity contribution in [2.75, 3.05) is 0 Å². The Bertz CT molecular complexity index is 3280. The van der Waals surface area contributed by atoms with E-state index >= 15 is 0 Å². The van der Waals surface area contributed by atoms with Crippen LogP contribution in [0.25, 0.3) is 98.4 Å². The molecule has 0 amide bonds. The molecule has 1 heteroatoms. The lowest BCUT2D eigenvalue weighted by Crippen LogP contribution is -2.17. The molecular weight excluding hydrogens is 641 g/mol. The van der Waals surface area contributed by atoms with Gasteiger partial charge in [-0.3, -0.25) is 0 Å². The molecule has 250 valence electrons. The van der Waals surface area contributed by atoms with Crippen LogP contribution in [0.15, 0.2) is 150 Å². The number of hydrogen-bond donors (Lipinski definition) is 0. The van der Waals surface area contributed by atoms with E-state index in [1.807, 2.05) is 0 Å². The molecule has 0 unspecified atom stereocenters. The summed E-state index contributed by atoms with van der Waals surface area (Å²) in [6, 6.07) is 54.6. The van der Waals surface area contributed by atoms with Crippen LogP contribution in [-0.2, 0) is 10.8 Å². The zero-order valence-electron chi connectivity index (χ0n) is 30.3. The minimum atomic E-state index is -0.162. The van der Waals surface area contributed by atoms with Gasteiger partial charge in [0.05, 0.1) is 0 Å². The van der Waals surface area contributed by atoms with Gasteiger partial charge in [-0.2, -0.15) is 0 Å². The Morgan fingerprint density at radius 1 is 0.358 bits per heavy atom. The van der Waals surface area contributed by atoms with E-state index in [9.17, 15) is 0 Å². The zero-order valence-corrected chi connectivity index (χ0v) is 30.3. The maximum absolute atomic E-state index is 6.58. The minimum absolute atomic E-state index is 0.129. The minimum Gasteiger partial charge on any atom is -0.455 e. The lowest BCUT2D eigenvalue weighted by Gasteiger charge is -2.24. The van der Waals surface area contributed by atoms with Crippen molar-refractivity contribution in [2.45, 2.75) is 38.5 Å². The molecule has 0 radical (unpaired) electrons. The first-order valence-electron chi connectivity index (χ1n) is 18.8. The van der Waals surface area contributed by atoms with Crippen molar-refractivity contribution < 1.29 is 4.42 Å². The predicted molar refractivity (Wildman–Crippen MR) is 224 cm³/mol. The summed E-state index contributed by atoms with van der Waals surface area (Å²) in [4.78, 5) is 0. The highest BCUT2D eigenvalue weighted by molar-refractivity contribution is 6.26. The van der Waals surface area contributed by atoms with Crippen LogP contribution in [-0.4, -0.2) is 0 Å². The van der Waals surface area contributed by atoms with Crippen molar-refractivity contribution >= 4 is 65.0 Å². The lowest BCUT2D eigenvalue weighted by atomic mass is 9.79. The maximum atomic E-state index is 6.58. The van der Waals surface area contributed by atoms with Gasteiger partial charge < -0.3 is 4.42 Å². The van der Waals surface area contributed by atoms with Crippen LogP contribution in [0.2, 0.25) is 0 Å². The van der Waals surface area contributed by atoms with E-state index in [1.165, 1.54) is 104 Å². The van der Waals surface area contributed by atoms with E-state index in [0.29, 0.717) is 0 Å². The smallest absolute Gasteiger partial charge is 0.143 e. The molecule has 2 aliphatic carbocycles. The molecule has 2 aliphatic rings. The molecule has 53 heavy (non-hydrogen) atoms. The van der Waals surface area contributed by atoms with Gasteiger partial charge in [0.25, 0.3) is 0 Å². The van der Waals surface area contributed by atoms with Gasteiger partial charge in [0, 0.05) is 27.0 Å². The molecule has 0 bridgehead atoms. The fourth-order valence-corrected chi connectivity index (χ4v) is 10.3. The SMILES string of the molecule is CC1(C)c2cc(-c3cccc4oc5c6ccccc6ccc5c34)ccc2-c2cc3c(cc21)-c1cc2c4ccccc4c4ccccc4c2cc1C3(C)C. The van der Waals surface area contributed by atoms with Crippen molar-refractivity contribution in [2.24, 2.45) is 0 Å². The summed E-state index contributed by atoms with van der Waals surface area (Å²) in [6.45, 7) is 9.66. The van der Waals surface area contributed by atoms with Crippen molar-refractivity contribution in [3.8, 4) is 33.4 Å². The van der Waals surface area contributed by atoms with E-state index in [2.05, 4.69) is 173 Å². The van der Waals surface area contributed by atoms with Crippen LogP contribution in [0.4, 0.5) is 0 Å². The summed E-state index contributed by atoms with van der Waals surface area (Å²) in [5.41, 5.74) is 15.2. The summed E-state index contributed by atoms with van der Waals surface area (Å²) in [5.74, 6) is 0. The van der Waals surface area contributed by atoms with E-state index in [-0.39, 0.29) is 10.8 Å². The molecule has 12 rings (SSSR count). The second-order valence-electron chi connectivity index (χ2n) is 16.4. The normalized spacial score (nSPS) is 15.1. The summed E-state index contributed by atoms with van der Waals surface area (Å²) in [5, 5.41) is 12.7. The van der Waals surface area contributed by atoms with Crippen LogP contribution >= 0.6 is 0 Å². The highest BCUT2D eigenvalue weighted by atomic mass is 16.3. The average Bonchev–Trinajstić information content (AvgIpc) is 3.76. The Labute approximate surface area is 308 Å². The Morgan fingerprint density at radius 2 is 0.906 bits per heavy atom. The third kappa shape index (κ3) is 3.67. The van der Waals surface area contributed by atoms with Gasteiger partial charge in [-0.1, -0.05) is 131 Å². The second-order valence-corrected chi connectivity index (χ2v) is 16.4. The summed E-state index contributed by atoms with van der Waals surface area (Å²) in [7, 11) is 0. The number of benzene rings is 9. The Hall–Kier alpha value is -6.18. The second kappa shape index (κ2) is 9.82. The summed E-state index contributed by atoms with van der Waals surface area (Å²) < 4.78 is 6.58. The summed E-state index contributed by atoms with van der Waals surface area (Å²) >= 11 is 0. The van der Waals surface area contributed by atoms with Crippen LogP contribution in [0, 0.1) is 0 Å². The Morgan fingerprint density at radius 3 is 1.60 bits per heavy atom. The first-order chi connectivity index (χ1) is 25.8. The zero-order chi connectivity index (χ0) is 35.4. The average molecular weight is 677 g/mol. The number of furan rings is 1.